The highest BCUT2D eigenvalue weighted by atomic mass is 79.9. The van der Waals surface area contributed by atoms with Gasteiger partial charge in [0.25, 0.3) is 5.56 Å². The molecule has 190 valence electrons. The lowest BCUT2D eigenvalue weighted by Crippen LogP contribution is -2.47. The Kier molecular flexibility index (Phi) is 7.70. The van der Waals surface area contributed by atoms with Gasteiger partial charge in [-0.15, -0.1) is 0 Å². The van der Waals surface area contributed by atoms with Gasteiger partial charge in [0.05, 0.1) is 22.6 Å². The second-order valence-corrected chi connectivity index (χ2v) is 10.6. The predicted molar refractivity (Wildman–Crippen MR) is 151 cm³/mol. The summed E-state index contributed by atoms with van der Waals surface area (Å²) in [6.45, 7) is 2.36. The van der Waals surface area contributed by atoms with Crippen molar-refractivity contribution in [3.05, 3.63) is 105 Å². The van der Waals surface area contributed by atoms with E-state index >= 15 is 0 Å². The molecule has 0 spiro atoms. The number of hydrogen-bond donors (Lipinski definition) is 1. The van der Waals surface area contributed by atoms with Crippen molar-refractivity contribution >= 4 is 32.9 Å². The van der Waals surface area contributed by atoms with Gasteiger partial charge in [0.15, 0.2) is 0 Å². The Morgan fingerprint density at radius 1 is 1.00 bits per heavy atom. The molecule has 1 unspecified atom stereocenters. The van der Waals surface area contributed by atoms with Gasteiger partial charge in [-0.05, 0) is 61.7 Å². The molecule has 5 rings (SSSR count). The maximum absolute atomic E-state index is 13.8. The summed E-state index contributed by atoms with van der Waals surface area (Å²) in [5.74, 6) is 0.528. The minimum absolute atomic E-state index is 0.131. The average molecular weight is 560 g/mol. The highest BCUT2D eigenvalue weighted by Gasteiger charge is 2.29. The molecular weight excluding hydrogens is 528 g/mol. The molecule has 1 aliphatic rings. The molecule has 0 aliphatic heterocycles. The Morgan fingerprint density at radius 2 is 1.68 bits per heavy atom. The third-order valence-electron chi connectivity index (χ3n) is 7.12. The van der Waals surface area contributed by atoms with E-state index in [-0.39, 0.29) is 17.6 Å². The molecule has 3 aromatic carbocycles. The van der Waals surface area contributed by atoms with Crippen LogP contribution in [0.2, 0.25) is 0 Å². The van der Waals surface area contributed by atoms with Gasteiger partial charge in [-0.1, -0.05) is 77.7 Å². The molecule has 0 radical (unpaired) electrons. The van der Waals surface area contributed by atoms with Gasteiger partial charge in [-0.25, -0.2) is 9.78 Å². The molecular formula is C30H31BrN4O2. The van der Waals surface area contributed by atoms with Gasteiger partial charge in [0, 0.05) is 17.1 Å². The Balaban J connectivity index is 1.60. The summed E-state index contributed by atoms with van der Waals surface area (Å²) < 4.78 is 2.57. The molecule has 1 fully saturated rings. The second kappa shape index (κ2) is 11.3. The van der Waals surface area contributed by atoms with Gasteiger partial charge in [-0.3, -0.25) is 9.36 Å². The fraction of sp³-hybridized carbons (Fsp3) is 0.300. The van der Waals surface area contributed by atoms with Gasteiger partial charge in [0.2, 0.25) is 0 Å². The van der Waals surface area contributed by atoms with E-state index in [9.17, 15) is 9.59 Å². The van der Waals surface area contributed by atoms with Gasteiger partial charge in [0.1, 0.15) is 5.82 Å². The summed E-state index contributed by atoms with van der Waals surface area (Å²) >= 11 is 3.49. The molecule has 1 N–H and O–H groups in total. The Bertz CT molecular complexity index is 1430. The number of amides is 2. The van der Waals surface area contributed by atoms with Crippen molar-refractivity contribution in [3.8, 4) is 5.69 Å². The topological polar surface area (TPSA) is 67.2 Å². The van der Waals surface area contributed by atoms with Gasteiger partial charge < -0.3 is 10.2 Å². The molecule has 37 heavy (non-hydrogen) atoms. The molecule has 0 bridgehead atoms. The van der Waals surface area contributed by atoms with Crippen molar-refractivity contribution in [2.45, 2.75) is 57.7 Å². The molecule has 1 saturated carbocycles. The van der Waals surface area contributed by atoms with Crippen molar-refractivity contribution in [3.63, 3.8) is 0 Å². The molecule has 1 aromatic heterocycles. The van der Waals surface area contributed by atoms with Crippen LogP contribution >= 0.6 is 15.9 Å². The van der Waals surface area contributed by atoms with E-state index in [0.717, 1.165) is 35.7 Å². The fourth-order valence-electron chi connectivity index (χ4n) is 5.08. The largest absolute Gasteiger partial charge is 0.335 e. The average Bonchev–Trinajstić information content (AvgIpc) is 2.93. The first-order valence-electron chi connectivity index (χ1n) is 12.9. The van der Waals surface area contributed by atoms with E-state index in [1.165, 1.54) is 6.42 Å². The monoisotopic (exact) mass is 558 g/mol. The number of carbonyl (C=O) groups excluding carboxylic acids is 1. The number of hydrogen-bond acceptors (Lipinski definition) is 3. The number of nitrogens with zero attached hydrogens (tertiary/aromatic N) is 3. The van der Waals surface area contributed by atoms with E-state index < -0.39 is 6.04 Å². The van der Waals surface area contributed by atoms with Crippen LogP contribution in [0.4, 0.5) is 4.79 Å². The van der Waals surface area contributed by atoms with Crippen LogP contribution in [0, 0.1) is 0 Å². The molecule has 1 heterocycles. The van der Waals surface area contributed by atoms with E-state index in [2.05, 4.69) is 21.2 Å². The Labute approximate surface area is 225 Å². The Hall–Kier alpha value is -3.45. The van der Waals surface area contributed by atoms with Crippen LogP contribution in [-0.4, -0.2) is 26.5 Å². The third kappa shape index (κ3) is 5.62. The summed E-state index contributed by atoms with van der Waals surface area (Å²) in [6, 6.07) is 24.5. The lowest BCUT2D eigenvalue weighted by Gasteiger charge is -2.33. The first kappa shape index (κ1) is 25.2. The smallest absolute Gasteiger partial charge is 0.318 e. The number of fused-ring (bicyclic) bond motifs is 1. The van der Waals surface area contributed by atoms with Crippen molar-refractivity contribution in [2.75, 3.05) is 0 Å². The molecule has 0 saturated heterocycles. The normalized spacial score (nSPS) is 14.9. The standard InChI is InChI=1S/C30H31BrN4O2/c1-21(34(20-22-10-4-2-5-11-22)30(37)32-24-12-6-3-7-13-24)28-33-27-15-9-8-14-26(27)29(36)35(28)25-18-16-23(31)17-19-25/h2,4-5,8-11,14-19,21,24H,3,6-7,12-13,20H2,1H3,(H,32,37). The predicted octanol–water partition coefficient (Wildman–Crippen LogP) is 6.75. The van der Waals surface area contributed by atoms with E-state index in [1.54, 1.807) is 15.5 Å². The third-order valence-corrected chi connectivity index (χ3v) is 7.65. The molecule has 7 heteroatoms. The van der Waals surface area contributed by atoms with Crippen molar-refractivity contribution < 1.29 is 4.79 Å². The number of aromatic nitrogens is 2. The fourth-order valence-corrected chi connectivity index (χ4v) is 5.34. The van der Waals surface area contributed by atoms with E-state index in [1.807, 2.05) is 79.7 Å². The number of halogens is 1. The maximum atomic E-state index is 13.8. The first-order chi connectivity index (χ1) is 18.0. The number of nitrogens with one attached hydrogen (secondary N) is 1. The van der Waals surface area contributed by atoms with Gasteiger partial charge in [-0.2, -0.15) is 0 Å². The number of benzene rings is 3. The molecule has 6 nitrogen and oxygen atoms in total. The molecule has 4 aromatic rings. The highest BCUT2D eigenvalue weighted by molar-refractivity contribution is 9.10. The minimum Gasteiger partial charge on any atom is -0.335 e. The van der Waals surface area contributed by atoms with Crippen LogP contribution in [-0.2, 0) is 6.54 Å². The summed E-state index contributed by atoms with van der Waals surface area (Å²) in [7, 11) is 0. The summed E-state index contributed by atoms with van der Waals surface area (Å²) in [5, 5.41) is 3.82. The zero-order chi connectivity index (χ0) is 25.8. The molecule has 1 atom stereocenters. The number of rotatable bonds is 6. The van der Waals surface area contributed by atoms with Crippen molar-refractivity contribution in [2.24, 2.45) is 0 Å². The van der Waals surface area contributed by atoms with Crippen LogP contribution in [0.15, 0.2) is 88.1 Å². The molecule has 1 aliphatic carbocycles. The summed E-state index contributed by atoms with van der Waals surface area (Å²) in [5.41, 5.74) is 2.20. The summed E-state index contributed by atoms with van der Waals surface area (Å²) in [4.78, 5) is 34.3. The highest BCUT2D eigenvalue weighted by Crippen LogP contribution is 2.26. The van der Waals surface area contributed by atoms with E-state index in [4.69, 9.17) is 4.98 Å². The maximum Gasteiger partial charge on any atom is 0.318 e. The van der Waals surface area contributed by atoms with Crippen LogP contribution in [0.3, 0.4) is 0 Å². The quantitative estimate of drug-likeness (QED) is 0.284. The van der Waals surface area contributed by atoms with Crippen LogP contribution in [0.25, 0.3) is 16.6 Å². The van der Waals surface area contributed by atoms with Crippen molar-refractivity contribution in [1.82, 2.24) is 19.8 Å². The number of urea groups is 1. The number of para-hydroxylation sites is 1. The second-order valence-electron chi connectivity index (χ2n) is 9.68. The number of carbonyl (C=O) groups is 1. The SMILES string of the molecule is CC(c1nc2ccccc2c(=O)n1-c1ccc(Br)cc1)N(Cc1ccccc1)C(=O)NC1CCCCC1. The molecule has 2 amide bonds. The van der Waals surface area contributed by atoms with E-state index in [0.29, 0.717) is 29.0 Å². The van der Waals surface area contributed by atoms with Crippen LogP contribution in [0.1, 0.15) is 56.5 Å². The van der Waals surface area contributed by atoms with Crippen LogP contribution in [0.5, 0.6) is 0 Å². The van der Waals surface area contributed by atoms with Crippen molar-refractivity contribution in [1.29, 1.82) is 0 Å². The van der Waals surface area contributed by atoms with Gasteiger partial charge >= 0.3 is 6.03 Å². The lowest BCUT2D eigenvalue weighted by atomic mass is 9.96. The zero-order valence-corrected chi connectivity index (χ0v) is 22.5. The first-order valence-corrected chi connectivity index (χ1v) is 13.7. The zero-order valence-electron chi connectivity index (χ0n) is 20.9. The van der Waals surface area contributed by atoms with Crippen LogP contribution < -0.4 is 10.9 Å². The lowest BCUT2D eigenvalue weighted by molar-refractivity contribution is 0.165. The summed E-state index contributed by atoms with van der Waals surface area (Å²) in [6.07, 6.45) is 5.48. The minimum atomic E-state index is -0.468. The Morgan fingerprint density at radius 3 is 2.41 bits per heavy atom.